The van der Waals surface area contributed by atoms with Gasteiger partial charge in [-0.05, 0) is 26.2 Å². The number of carbonyl (C=O) groups is 2. The second-order valence-corrected chi connectivity index (χ2v) is 6.95. The minimum absolute atomic E-state index is 0.0279. The molecule has 5 heteroatoms. The number of rotatable bonds is 4. The van der Waals surface area contributed by atoms with Gasteiger partial charge in [-0.2, -0.15) is 0 Å². The van der Waals surface area contributed by atoms with E-state index < -0.39 is 11.9 Å². The number of ether oxygens (including phenoxy) is 1. The lowest BCUT2D eigenvalue weighted by Crippen LogP contribution is -2.69. The summed E-state index contributed by atoms with van der Waals surface area (Å²) < 4.78 is 5.58. The van der Waals surface area contributed by atoms with Crippen molar-refractivity contribution in [2.45, 2.75) is 51.7 Å². The molecule has 2 aliphatic carbocycles. The number of hydrogen-bond acceptors (Lipinski definition) is 3. The SMILES string of the molecule is COC1(C)CC(N(C)C(=O)C2CCC2C(=O)O)C1(C)C. The molecule has 0 aromatic heterocycles. The molecule has 5 nitrogen and oxygen atoms in total. The molecule has 2 aliphatic rings. The van der Waals surface area contributed by atoms with Crippen LogP contribution in [0.1, 0.15) is 40.0 Å². The molecule has 0 heterocycles. The summed E-state index contributed by atoms with van der Waals surface area (Å²) in [5.41, 5.74) is -0.355. The molecule has 0 aromatic rings. The second-order valence-electron chi connectivity index (χ2n) is 6.95. The largest absolute Gasteiger partial charge is 0.481 e. The predicted octanol–water partition coefficient (Wildman–Crippen LogP) is 1.76. The van der Waals surface area contributed by atoms with Crippen LogP contribution in [0.15, 0.2) is 0 Å². The molecule has 0 aliphatic heterocycles. The Labute approximate surface area is 120 Å². The third-order valence-corrected chi connectivity index (χ3v) is 5.95. The highest BCUT2D eigenvalue weighted by Crippen LogP contribution is 2.54. The second kappa shape index (κ2) is 4.72. The fourth-order valence-corrected chi connectivity index (χ4v) is 3.58. The van der Waals surface area contributed by atoms with Gasteiger partial charge in [-0.15, -0.1) is 0 Å². The molecule has 0 aromatic carbocycles. The van der Waals surface area contributed by atoms with Crippen LogP contribution in [0.5, 0.6) is 0 Å². The van der Waals surface area contributed by atoms with Crippen molar-refractivity contribution in [2.75, 3.05) is 14.2 Å². The summed E-state index contributed by atoms with van der Waals surface area (Å²) in [5.74, 6) is -1.72. The Bertz CT molecular complexity index is 434. The Balaban J connectivity index is 2.05. The van der Waals surface area contributed by atoms with Crippen molar-refractivity contribution < 1.29 is 19.4 Å². The Morgan fingerprint density at radius 2 is 1.75 bits per heavy atom. The minimum Gasteiger partial charge on any atom is -0.481 e. The van der Waals surface area contributed by atoms with Crippen LogP contribution in [0, 0.1) is 17.3 Å². The average Bonchev–Trinajstić information content (AvgIpc) is 2.32. The maximum Gasteiger partial charge on any atom is 0.307 e. The lowest BCUT2D eigenvalue weighted by Gasteiger charge is -2.62. The monoisotopic (exact) mass is 283 g/mol. The van der Waals surface area contributed by atoms with E-state index in [1.807, 2.05) is 0 Å². The molecule has 114 valence electrons. The molecule has 1 amide bonds. The molecule has 2 rings (SSSR count). The van der Waals surface area contributed by atoms with Gasteiger partial charge in [0.15, 0.2) is 0 Å². The fraction of sp³-hybridized carbons (Fsp3) is 0.867. The molecular weight excluding hydrogens is 258 g/mol. The summed E-state index contributed by atoms with van der Waals surface area (Å²) in [7, 11) is 3.49. The van der Waals surface area contributed by atoms with Gasteiger partial charge in [-0.1, -0.05) is 13.8 Å². The lowest BCUT2D eigenvalue weighted by molar-refractivity contribution is -0.210. The molecule has 0 radical (unpaired) electrons. The number of amides is 1. The molecule has 4 atom stereocenters. The summed E-state index contributed by atoms with van der Waals surface area (Å²) in [6.07, 6.45) is 2.10. The van der Waals surface area contributed by atoms with Gasteiger partial charge >= 0.3 is 5.97 Å². The topological polar surface area (TPSA) is 66.8 Å². The number of aliphatic carboxylic acids is 1. The molecule has 20 heavy (non-hydrogen) atoms. The van der Waals surface area contributed by atoms with Crippen LogP contribution < -0.4 is 0 Å². The number of hydrogen-bond donors (Lipinski definition) is 1. The molecule has 1 N–H and O–H groups in total. The van der Waals surface area contributed by atoms with Gasteiger partial charge in [0.1, 0.15) is 0 Å². The van der Waals surface area contributed by atoms with E-state index in [4.69, 9.17) is 9.84 Å². The fourth-order valence-electron chi connectivity index (χ4n) is 3.58. The number of carboxylic acid groups (broad SMARTS) is 1. The van der Waals surface area contributed by atoms with E-state index in [2.05, 4.69) is 20.8 Å². The van der Waals surface area contributed by atoms with E-state index in [0.29, 0.717) is 12.8 Å². The Kier molecular flexibility index (Phi) is 3.61. The number of carboxylic acids is 1. The van der Waals surface area contributed by atoms with Crippen LogP contribution in [0.2, 0.25) is 0 Å². The Morgan fingerprint density at radius 1 is 1.20 bits per heavy atom. The summed E-state index contributed by atoms with van der Waals surface area (Å²) in [6, 6.07) is 0.106. The Hall–Kier alpha value is -1.10. The summed E-state index contributed by atoms with van der Waals surface area (Å²) in [6.45, 7) is 6.26. The minimum atomic E-state index is -0.849. The van der Waals surface area contributed by atoms with Gasteiger partial charge in [0.25, 0.3) is 0 Å². The maximum absolute atomic E-state index is 12.5. The smallest absolute Gasteiger partial charge is 0.307 e. The Morgan fingerprint density at radius 3 is 2.10 bits per heavy atom. The van der Waals surface area contributed by atoms with Crippen molar-refractivity contribution in [3.63, 3.8) is 0 Å². The van der Waals surface area contributed by atoms with Gasteiger partial charge in [0, 0.05) is 25.6 Å². The standard InChI is InChI=1S/C15H25NO4/c1-14(2)11(8-15(14,3)20-5)16(4)12(17)9-6-7-10(9)13(18)19/h9-11H,6-8H2,1-5H3,(H,18,19). The zero-order chi connectivity index (χ0) is 15.3. The van der Waals surface area contributed by atoms with Crippen LogP contribution in [0.4, 0.5) is 0 Å². The highest BCUT2D eigenvalue weighted by molar-refractivity contribution is 5.86. The van der Waals surface area contributed by atoms with E-state index in [1.165, 1.54) is 0 Å². The van der Waals surface area contributed by atoms with Crippen molar-refractivity contribution in [3.05, 3.63) is 0 Å². The molecule has 2 fully saturated rings. The first kappa shape index (κ1) is 15.3. The zero-order valence-corrected chi connectivity index (χ0v) is 13.0. The molecule has 0 spiro atoms. The van der Waals surface area contributed by atoms with Gasteiger partial charge in [-0.3, -0.25) is 9.59 Å². The highest BCUT2D eigenvalue weighted by Gasteiger charge is 2.60. The zero-order valence-electron chi connectivity index (χ0n) is 13.0. The van der Waals surface area contributed by atoms with Gasteiger partial charge in [0.2, 0.25) is 5.91 Å². The average molecular weight is 283 g/mol. The van der Waals surface area contributed by atoms with Gasteiger partial charge < -0.3 is 14.7 Å². The summed E-state index contributed by atoms with van der Waals surface area (Å²) in [5, 5.41) is 9.08. The van der Waals surface area contributed by atoms with Crippen LogP contribution in [-0.2, 0) is 14.3 Å². The van der Waals surface area contributed by atoms with E-state index in [-0.39, 0.29) is 28.9 Å². The van der Waals surface area contributed by atoms with Crippen molar-refractivity contribution in [3.8, 4) is 0 Å². The highest BCUT2D eigenvalue weighted by atomic mass is 16.5. The van der Waals surface area contributed by atoms with E-state index in [1.54, 1.807) is 19.1 Å². The normalized spacial score (nSPS) is 38.5. The van der Waals surface area contributed by atoms with Crippen molar-refractivity contribution >= 4 is 11.9 Å². The van der Waals surface area contributed by atoms with Crippen molar-refractivity contribution in [1.82, 2.24) is 4.90 Å². The van der Waals surface area contributed by atoms with E-state index in [9.17, 15) is 9.59 Å². The number of nitrogens with zero attached hydrogens (tertiary/aromatic N) is 1. The quantitative estimate of drug-likeness (QED) is 0.853. The lowest BCUT2D eigenvalue weighted by atomic mass is 9.55. The third kappa shape index (κ3) is 1.94. The first-order chi connectivity index (χ1) is 9.15. The molecular formula is C15H25NO4. The summed E-state index contributed by atoms with van der Waals surface area (Å²) >= 11 is 0. The first-order valence-electron chi connectivity index (χ1n) is 7.20. The van der Waals surface area contributed by atoms with Crippen LogP contribution >= 0.6 is 0 Å². The first-order valence-corrected chi connectivity index (χ1v) is 7.20. The van der Waals surface area contributed by atoms with Crippen LogP contribution in [0.3, 0.4) is 0 Å². The van der Waals surface area contributed by atoms with Gasteiger partial charge in [-0.25, -0.2) is 0 Å². The van der Waals surface area contributed by atoms with E-state index in [0.717, 1.165) is 6.42 Å². The van der Waals surface area contributed by atoms with Crippen molar-refractivity contribution in [1.29, 1.82) is 0 Å². The van der Waals surface area contributed by atoms with E-state index >= 15 is 0 Å². The summed E-state index contributed by atoms with van der Waals surface area (Å²) in [4.78, 5) is 25.3. The maximum atomic E-state index is 12.5. The van der Waals surface area contributed by atoms with Crippen molar-refractivity contribution in [2.24, 2.45) is 17.3 Å². The van der Waals surface area contributed by atoms with Crippen LogP contribution in [-0.4, -0.2) is 47.7 Å². The number of carbonyl (C=O) groups excluding carboxylic acids is 1. The predicted molar refractivity (Wildman–Crippen MR) is 74.2 cm³/mol. The molecule has 0 bridgehead atoms. The van der Waals surface area contributed by atoms with Crippen LogP contribution in [0.25, 0.3) is 0 Å². The number of methoxy groups -OCH3 is 1. The molecule has 2 saturated carbocycles. The molecule has 0 saturated heterocycles. The third-order valence-electron chi connectivity index (χ3n) is 5.95. The van der Waals surface area contributed by atoms with Gasteiger partial charge in [0.05, 0.1) is 17.4 Å². The molecule has 4 unspecified atom stereocenters.